The quantitative estimate of drug-likeness (QED) is 0.793. The highest BCUT2D eigenvalue weighted by molar-refractivity contribution is 6.01. The van der Waals surface area contributed by atoms with Gasteiger partial charge >= 0.3 is 5.97 Å². The Morgan fingerprint density at radius 1 is 1.35 bits per heavy atom. The number of aliphatic hydroxyl groups is 1. The van der Waals surface area contributed by atoms with Crippen LogP contribution in [0, 0.1) is 0 Å². The van der Waals surface area contributed by atoms with Gasteiger partial charge in [-0.25, -0.2) is 9.78 Å². The first-order chi connectivity index (χ1) is 9.72. The first-order valence-electron chi connectivity index (χ1n) is 7.05. The van der Waals surface area contributed by atoms with Gasteiger partial charge < -0.3 is 14.8 Å². The van der Waals surface area contributed by atoms with Crippen LogP contribution in [0.25, 0.3) is 11.0 Å². The highest BCUT2D eigenvalue weighted by Gasteiger charge is 2.30. The van der Waals surface area contributed by atoms with E-state index in [2.05, 4.69) is 4.98 Å². The van der Waals surface area contributed by atoms with Crippen LogP contribution in [-0.4, -0.2) is 32.3 Å². The van der Waals surface area contributed by atoms with Gasteiger partial charge in [-0.05, 0) is 37.8 Å². The predicted octanol–water partition coefficient (Wildman–Crippen LogP) is 2.38. The molecule has 1 aromatic carbocycles. The molecule has 1 saturated carbocycles. The molecule has 0 unspecified atom stereocenters. The summed E-state index contributed by atoms with van der Waals surface area (Å²) in [6.07, 6.45) is 3.81. The number of hydrogen-bond donors (Lipinski definition) is 2. The van der Waals surface area contributed by atoms with Crippen molar-refractivity contribution in [2.24, 2.45) is 0 Å². The molecule has 0 aliphatic heterocycles. The van der Waals surface area contributed by atoms with Crippen LogP contribution in [0.1, 0.15) is 47.8 Å². The van der Waals surface area contributed by atoms with Crippen molar-refractivity contribution in [3.63, 3.8) is 0 Å². The number of nitrogens with zero attached hydrogens (tertiary/aromatic N) is 2. The Bertz CT molecular complexity index is 644. The summed E-state index contributed by atoms with van der Waals surface area (Å²) in [4.78, 5) is 16.0. The minimum atomic E-state index is -0.916. The highest BCUT2D eigenvalue weighted by Crippen LogP contribution is 2.41. The van der Waals surface area contributed by atoms with E-state index in [1.165, 1.54) is 0 Å². The fourth-order valence-electron chi connectivity index (χ4n) is 2.64. The molecule has 0 radical (unpaired) electrons. The van der Waals surface area contributed by atoms with E-state index in [-0.39, 0.29) is 6.61 Å². The summed E-state index contributed by atoms with van der Waals surface area (Å²) < 4.78 is 2.05. The molecule has 1 fully saturated rings. The number of hydrogen-bond acceptors (Lipinski definition) is 3. The zero-order valence-electron chi connectivity index (χ0n) is 11.2. The zero-order valence-corrected chi connectivity index (χ0v) is 11.2. The van der Waals surface area contributed by atoms with Gasteiger partial charge in [0.1, 0.15) is 5.82 Å². The lowest BCUT2D eigenvalue weighted by molar-refractivity contribution is 0.0698. The first kappa shape index (κ1) is 13.1. The van der Waals surface area contributed by atoms with E-state index in [1.807, 2.05) is 10.6 Å². The van der Waals surface area contributed by atoms with Gasteiger partial charge in [-0.15, -0.1) is 0 Å². The summed E-state index contributed by atoms with van der Waals surface area (Å²) >= 11 is 0. The van der Waals surface area contributed by atoms with Crippen molar-refractivity contribution in [3.8, 4) is 0 Å². The van der Waals surface area contributed by atoms with Crippen LogP contribution >= 0.6 is 0 Å². The number of fused-ring (bicyclic) bond motifs is 1. The third kappa shape index (κ3) is 2.29. The Kier molecular flexibility index (Phi) is 3.44. The van der Waals surface area contributed by atoms with Crippen molar-refractivity contribution in [3.05, 3.63) is 29.6 Å². The molecule has 106 valence electrons. The molecule has 0 spiro atoms. The van der Waals surface area contributed by atoms with Crippen molar-refractivity contribution in [2.45, 2.75) is 38.1 Å². The van der Waals surface area contributed by atoms with Crippen molar-refractivity contribution >= 4 is 17.0 Å². The predicted molar refractivity (Wildman–Crippen MR) is 75.0 cm³/mol. The molecular weight excluding hydrogens is 256 g/mol. The fourth-order valence-corrected chi connectivity index (χ4v) is 2.64. The second-order valence-electron chi connectivity index (χ2n) is 5.31. The number of aromatic nitrogens is 2. The molecule has 3 rings (SSSR count). The molecule has 0 amide bonds. The van der Waals surface area contributed by atoms with Gasteiger partial charge in [0.15, 0.2) is 0 Å². The van der Waals surface area contributed by atoms with E-state index in [4.69, 9.17) is 5.11 Å². The Morgan fingerprint density at radius 3 is 2.80 bits per heavy atom. The van der Waals surface area contributed by atoms with Crippen LogP contribution < -0.4 is 0 Å². The van der Waals surface area contributed by atoms with Crippen LogP contribution in [0.3, 0.4) is 0 Å². The summed E-state index contributed by atoms with van der Waals surface area (Å²) in [7, 11) is 0. The molecule has 1 heterocycles. The Balaban J connectivity index is 2.10. The normalized spacial score (nSPS) is 14.8. The van der Waals surface area contributed by atoms with Crippen LogP contribution in [0.5, 0.6) is 0 Å². The SMILES string of the molecule is O=C(O)c1cccc2nc(C3CC3)n(CCCCO)c12. The Morgan fingerprint density at radius 2 is 2.15 bits per heavy atom. The number of para-hydroxylation sites is 1. The van der Waals surface area contributed by atoms with Gasteiger partial charge in [0.2, 0.25) is 0 Å². The molecule has 2 aromatic rings. The number of carboxylic acids is 1. The van der Waals surface area contributed by atoms with Crippen LogP contribution in [-0.2, 0) is 6.54 Å². The number of rotatable bonds is 6. The zero-order chi connectivity index (χ0) is 14.1. The standard InChI is InChI=1S/C15H18N2O3/c18-9-2-1-8-17-13-11(15(19)20)4-3-5-12(13)16-14(17)10-6-7-10/h3-5,10,18H,1-2,6-9H2,(H,19,20). The lowest BCUT2D eigenvalue weighted by Crippen LogP contribution is -2.07. The number of carbonyl (C=O) groups is 1. The number of benzene rings is 1. The number of aliphatic hydroxyl groups excluding tert-OH is 1. The van der Waals surface area contributed by atoms with Gasteiger partial charge in [0.25, 0.3) is 0 Å². The molecule has 1 aliphatic rings. The average Bonchev–Trinajstić information content (AvgIpc) is 3.21. The van der Waals surface area contributed by atoms with Crippen LogP contribution in [0.2, 0.25) is 0 Å². The van der Waals surface area contributed by atoms with Gasteiger partial charge in [0, 0.05) is 19.1 Å². The summed E-state index contributed by atoms with van der Waals surface area (Å²) in [6, 6.07) is 5.25. The smallest absolute Gasteiger partial charge is 0.337 e. The molecule has 0 bridgehead atoms. The molecule has 0 saturated heterocycles. The van der Waals surface area contributed by atoms with Gasteiger partial charge in [0.05, 0.1) is 16.6 Å². The van der Waals surface area contributed by atoms with Gasteiger partial charge in [-0.1, -0.05) is 6.07 Å². The summed E-state index contributed by atoms with van der Waals surface area (Å²) in [5.74, 6) is 0.561. The summed E-state index contributed by atoms with van der Waals surface area (Å²) in [6.45, 7) is 0.879. The fraction of sp³-hybridized carbons (Fsp3) is 0.467. The third-order valence-corrected chi connectivity index (χ3v) is 3.76. The van der Waals surface area contributed by atoms with E-state index in [0.717, 1.165) is 42.5 Å². The Labute approximate surface area is 116 Å². The third-order valence-electron chi connectivity index (χ3n) is 3.76. The van der Waals surface area contributed by atoms with Crippen LogP contribution in [0.15, 0.2) is 18.2 Å². The van der Waals surface area contributed by atoms with Crippen LogP contribution in [0.4, 0.5) is 0 Å². The average molecular weight is 274 g/mol. The number of imidazole rings is 1. The molecule has 1 aliphatic carbocycles. The van der Waals surface area contributed by atoms with Crippen molar-refractivity contribution < 1.29 is 15.0 Å². The van der Waals surface area contributed by atoms with Crippen molar-refractivity contribution in [2.75, 3.05) is 6.61 Å². The summed E-state index contributed by atoms with van der Waals surface area (Å²) in [5.41, 5.74) is 1.79. The molecule has 2 N–H and O–H groups in total. The van der Waals surface area contributed by atoms with Gasteiger partial charge in [-0.2, -0.15) is 0 Å². The minimum Gasteiger partial charge on any atom is -0.478 e. The maximum atomic E-state index is 11.4. The lowest BCUT2D eigenvalue weighted by atomic mass is 10.2. The van der Waals surface area contributed by atoms with E-state index in [1.54, 1.807) is 12.1 Å². The summed E-state index contributed by atoms with van der Waals surface area (Å²) in [5, 5.41) is 18.3. The maximum Gasteiger partial charge on any atom is 0.337 e. The van der Waals surface area contributed by atoms with E-state index in [0.29, 0.717) is 18.0 Å². The molecule has 0 atom stereocenters. The highest BCUT2D eigenvalue weighted by atomic mass is 16.4. The second-order valence-corrected chi connectivity index (χ2v) is 5.31. The second kappa shape index (κ2) is 5.25. The topological polar surface area (TPSA) is 75.3 Å². The lowest BCUT2D eigenvalue weighted by Gasteiger charge is -2.09. The minimum absolute atomic E-state index is 0.164. The molecule has 5 heteroatoms. The maximum absolute atomic E-state index is 11.4. The number of carboxylic acid groups (broad SMARTS) is 1. The van der Waals surface area contributed by atoms with E-state index >= 15 is 0 Å². The largest absolute Gasteiger partial charge is 0.478 e. The van der Waals surface area contributed by atoms with E-state index in [9.17, 15) is 9.90 Å². The van der Waals surface area contributed by atoms with Crippen molar-refractivity contribution in [1.82, 2.24) is 9.55 Å². The number of aromatic carboxylic acids is 1. The Hall–Kier alpha value is -1.88. The molecule has 5 nitrogen and oxygen atoms in total. The molecular formula is C15H18N2O3. The molecule has 20 heavy (non-hydrogen) atoms. The van der Waals surface area contributed by atoms with E-state index < -0.39 is 5.97 Å². The van der Waals surface area contributed by atoms with Crippen molar-refractivity contribution in [1.29, 1.82) is 0 Å². The van der Waals surface area contributed by atoms with Gasteiger partial charge in [-0.3, -0.25) is 0 Å². The monoisotopic (exact) mass is 274 g/mol. The molecule has 1 aromatic heterocycles. The number of unbranched alkanes of at least 4 members (excludes halogenated alkanes) is 1. The first-order valence-corrected chi connectivity index (χ1v) is 7.05. The number of aryl methyl sites for hydroxylation is 1.